The lowest BCUT2D eigenvalue weighted by Crippen LogP contribution is -2.48. The van der Waals surface area contributed by atoms with Crippen LogP contribution >= 0.6 is 0 Å². The van der Waals surface area contributed by atoms with Crippen LogP contribution in [0.4, 0.5) is 0 Å². The maximum atomic E-state index is 10.0. The van der Waals surface area contributed by atoms with Gasteiger partial charge in [-0.25, -0.2) is 0 Å². The van der Waals surface area contributed by atoms with Gasteiger partial charge >= 0.3 is 0 Å². The largest absolute Gasteiger partial charge is 0.396 e. The number of hydrogen-bond acceptors (Lipinski definition) is 4. The molecule has 0 aromatic rings. The van der Waals surface area contributed by atoms with Gasteiger partial charge in [-0.05, 0) is 61.7 Å². The van der Waals surface area contributed by atoms with Crippen LogP contribution in [0.2, 0.25) is 0 Å². The van der Waals surface area contributed by atoms with Gasteiger partial charge in [0.05, 0.1) is 19.3 Å². The first kappa shape index (κ1) is 17.9. The average Bonchev–Trinajstić information content (AvgIpc) is 3.33. The van der Waals surface area contributed by atoms with Crippen molar-refractivity contribution in [2.24, 2.45) is 29.1 Å². The average molecular weight is 370 g/mol. The summed E-state index contributed by atoms with van der Waals surface area (Å²) >= 11 is 0. The smallest absolute Gasteiger partial charge is 0.172 e. The molecule has 0 aromatic carbocycles. The summed E-state index contributed by atoms with van der Waals surface area (Å²) in [6.07, 6.45) is 14.2. The van der Waals surface area contributed by atoms with Gasteiger partial charge in [-0.1, -0.05) is 23.3 Å². The van der Waals surface area contributed by atoms with Gasteiger partial charge in [0.15, 0.2) is 5.79 Å². The summed E-state index contributed by atoms with van der Waals surface area (Å²) < 4.78 is 12.0. The van der Waals surface area contributed by atoms with Crippen LogP contribution < -0.4 is 0 Å². The van der Waals surface area contributed by atoms with E-state index in [4.69, 9.17) is 9.47 Å². The molecule has 0 aromatic heterocycles. The summed E-state index contributed by atoms with van der Waals surface area (Å²) in [7, 11) is 0. The molecule has 0 amide bonds. The van der Waals surface area contributed by atoms with Gasteiger partial charge in [0.2, 0.25) is 0 Å². The molecule has 1 heterocycles. The first-order chi connectivity index (χ1) is 13.2. The van der Waals surface area contributed by atoms with Crippen molar-refractivity contribution in [1.82, 2.24) is 0 Å². The van der Waals surface area contributed by atoms with Crippen LogP contribution in [0.15, 0.2) is 23.3 Å². The number of fused-ring (bicyclic) bond motifs is 4. The molecule has 4 aliphatic carbocycles. The molecule has 4 nitrogen and oxygen atoms in total. The molecule has 2 fully saturated rings. The van der Waals surface area contributed by atoms with E-state index >= 15 is 0 Å². The fraction of sp³-hybridized carbons (Fsp3) is 0.783. The van der Waals surface area contributed by atoms with Crippen LogP contribution in [-0.2, 0) is 9.47 Å². The predicted octanol–water partition coefficient (Wildman–Crippen LogP) is 4.11. The minimum Gasteiger partial charge on any atom is -0.396 e. The highest BCUT2D eigenvalue weighted by Crippen LogP contribution is 2.62. The number of rotatable bonds is 3. The van der Waals surface area contributed by atoms with Gasteiger partial charge in [0.25, 0.3) is 0 Å². The van der Waals surface area contributed by atoms with E-state index in [1.807, 2.05) is 0 Å². The third kappa shape index (κ3) is 2.66. The number of nitrogens with zero attached hydrogens (tertiary/aromatic N) is 1. The molecule has 5 atom stereocenters. The molecule has 1 saturated carbocycles. The SMILES string of the molecule is N#CCC(CO)C12CC=C[C@H]1[C@@H]1CCC3=C(CCC4(C3)OCCO4)[C@H]1CC2. The Morgan fingerprint density at radius 1 is 1.22 bits per heavy atom. The Balaban J connectivity index is 1.41. The molecule has 1 saturated heterocycles. The minimum atomic E-state index is -0.313. The number of allylic oxidation sites excluding steroid dienone is 3. The Morgan fingerprint density at radius 3 is 2.85 bits per heavy atom. The molecule has 146 valence electrons. The zero-order valence-electron chi connectivity index (χ0n) is 16.2. The van der Waals surface area contributed by atoms with Crippen molar-refractivity contribution in [3.63, 3.8) is 0 Å². The normalized spacial score (nSPS) is 40.4. The molecule has 1 aliphatic heterocycles. The molecule has 27 heavy (non-hydrogen) atoms. The maximum Gasteiger partial charge on any atom is 0.172 e. The van der Waals surface area contributed by atoms with Crippen molar-refractivity contribution < 1.29 is 14.6 Å². The summed E-state index contributed by atoms with van der Waals surface area (Å²) in [5, 5.41) is 19.3. The molecular weight excluding hydrogens is 338 g/mol. The van der Waals surface area contributed by atoms with Crippen molar-refractivity contribution in [2.75, 3.05) is 19.8 Å². The minimum absolute atomic E-state index is 0.119. The molecule has 0 radical (unpaired) electrons. The molecule has 0 bridgehead atoms. The number of nitriles is 1. The maximum absolute atomic E-state index is 10.0. The van der Waals surface area contributed by atoms with Crippen LogP contribution in [0, 0.1) is 40.4 Å². The van der Waals surface area contributed by atoms with E-state index in [0.29, 0.717) is 24.2 Å². The van der Waals surface area contributed by atoms with Crippen molar-refractivity contribution in [1.29, 1.82) is 5.26 Å². The van der Waals surface area contributed by atoms with Crippen LogP contribution in [-0.4, -0.2) is 30.7 Å². The van der Waals surface area contributed by atoms with Gasteiger partial charge in [0.1, 0.15) is 0 Å². The second-order valence-electron chi connectivity index (χ2n) is 9.39. The summed E-state index contributed by atoms with van der Waals surface area (Å²) in [6, 6.07) is 2.34. The first-order valence-electron chi connectivity index (χ1n) is 10.8. The predicted molar refractivity (Wildman–Crippen MR) is 101 cm³/mol. The van der Waals surface area contributed by atoms with Gasteiger partial charge < -0.3 is 14.6 Å². The number of aliphatic hydroxyl groups is 1. The summed E-state index contributed by atoms with van der Waals surface area (Å²) in [4.78, 5) is 0. The lowest BCUT2D eigenvalue weighted by molar-refractivity contribution is -0.166. The topological polar surface area (TPSA) is 62.5 Å². The summed E-state index contributed by atoms with van der Waals surface area (Å²) in [6.45, 7) is 1.63. The fourth-order valence-electron chi connectivity index (χ4n) is 7.31. The van der Waals surface area contributed by atoms with Crippen LogP contribution in [0.25, 0.3) is 0 Å². The number of ether oxygens (including phenoxy) is 2. The zero-order chi connectivity index (χ0) is 18.5. The van der Waals surface area contributed by atoms with E-state index in [2.05, 4.69) is 18.2 Å². The molecule has 5 rings (SSSR count). The monoisotopic (exact) mass is 369 g/mol. The van der Waals surface area contributed by atoms with E-state index in [1.54, 1.807) is 11.1 Å². The van der Waals surface area contributed by atoms with Gasteiger partial charge in [-0.2, -0.15) is 5.26 Å². The lowest BCUT2D eigenvalue weighted by atomic mass is 9.50. The van der Waals surface area contributed by atoms with Crippen molar-refractivity contribution in [3.8, 4) is 6.07 Å². The van der Waals surface area contributed by atoms with E-state index in [1.165, 1.54) is 19.3 Å². The second kappa shape index (κ2) is 6.72. The van der Waals surface area contributed by atoms with Crippen molar-refractivity contribution in [2.45, 2.75) is 63.6 Å². The molecule has 1 spiro atoms. The van der Waals surface area contributed by atoms with Gasteiger partial charge in [-0.3, -0.25) is 0 Å². The second-order valence-corrected chi connectivity index (χ2v) is 9.39. The Labute approximate surface area is 162 Å². The summed E-state index contributed by atoms with van der Waals surface area (Å²) in [5.74, 6) is 1.71. The van der Waals surface area contributed by atoms with Crippen LogP contribution in [0.3, 0.4) is 0 Å². The van der Waals surface area contributed by atoms with E-state index < -0.39 is 0 Å². The number of aliphatic hydroxyl groups excluding tert-OH is 1. The highest BCUT2D eigenvalue weighted by molar-refractivity contribution is 5.30. The standard InChI is InChI=1S/C23H31NO3/c24-11-7-17(15-25)22-8-1-2-21(22)20-4-3-16-14-23(26-12-13-27-23)10-6-18(16)19(20)5-9-22/h1-2,17,19-21,25H,3-10,12-15H2/t17?,19-,20-,21+,22?/m1/s1. The Kier molecular flexibility index (Phi) is 4.46. The molecule has 2 unspecified atom stereocenters. The molecule has 4 heteroatoms. The van der Waals surface area contributed by atoms with Crippen LogP contribution in [0.5, 0.6) is 0 Å². The Morgan fingerprint density at radius 2 is 2.07 bits per heavy atom. The fourth-order valence-corrected chi connectivity index (χ4v) is 7.31. The van der Waals surface area contributed by atoms with E-state index in [0.717, 1.165) is 45.3 Å². The zero-order valence-corrected chi connectivity index (χ0v) is 16.2. The highest BCUT2D eigenvalue weighted by Gasteiger charge is 2.55. The molecule has 5 aliphatic rings. The third-order valence-electron chi connectivity index (χ3n) is 8.53. The molecular formula is C23H31NO3. The Hall–Kier alpha value is -1.15. The van der Waals surface area contributed by atoms with Crippen molar-refractivity contribution >= 4 is 0 Å². The third-order valence-corrected chi connectivity index (χ3v) is 8.53. The lowest BCUT2D eigenvalue weighted by Gasteiger charge is -2.54. The van der Waals surface area contributed by atoms with Gasteiger partial charge in [0, 0.05) is 31.8 Å². The summed E-state index contributed by atoms with van der Waals surface area (Å²) in [5.41, 5.74) is 3.46. The van der Waals surface area contributed by atoms with Gasteiger partial charge in [-0.15, -0.1) is 0 Å². The van der Waals surface area contributed by atoms with Crippen LogP contribution in [0.1, 0.15) is 57.8 Å². The highest BCUT2D eigenvalue weighted by atomic mass is 16.7. The first-order valence-corrected chi connectivity index (χ1v) is 10.8. The Bertz CT molecular complexity index is 699. The number of hydrogen-bond donors (Lipinski definition) is 1. The van der Waals surface area contributed by atoms with E-state index in [9.17, 15) is 10.4 Å². The van der Waals surface area contributed by atoms with E-state index in [-0.39, 0.29) is 23.7 Å². The quantitative estimate of drug-likeness (QED) is 0.760. The molecule has 1 N–H and O–H groups in total. The van der Waals surface area contributed by atoms with Crippen molar-refractivity contribution in [3.05, 3.63) is 23.3 Å².